The molecule has 0 saturated heterocycles. The third-order valence-corrected chi connectivity index (χ3v) is 5.87. The Hall–Kier alpha value is -1.36. The van der Waals surface area contributed by atoms with Gasteiger partial charge in [-0.2, -0.15) is 0 Å². The van der Waals surface area contributed by atoms with Gasteiger partial charge in [0.1, 0.15) is 6.10 Å². The highest BCUT2D eigenvalue weighted by molar-refractivity contribution is 4.77. The molecule has 8 atom stereocenters. The normalized spacial score (nSPS) is 19.3. The highest BCUT2D eigenvalue weighted by Gasteiger charge is 2.34. The molecular weight excluding hydrogens is 392 g/mol. The van der Waals surface area contributed by atoms with Crippen molar-refractivity contribution in [2.24, 2.45) is 23.3 Å². The van der Waals surface area contributed by atoms with Crippen LogP contribution < -0.4 is 11.5 Å². The van der Waals surface area contributed by atoms with Crippen LogP contribution in [-0.4, -0.2) is 56.4 Å². The fourth-order valence-electron chi connectivity index (χ4n) is 3.42. The van der Waals surface area contributed by atoms with Gasteiger partial charge >= 0.3 is 0 Å². The summed E-state index contributed by atoms with van der Waals surface area (Å²) in [6.45, 7) is 11.1. The van der Waals surface area contributed by atoms with Gasteiger partial charge in [-0.1, -0.05) is 41.5 Å². The van der Waals surface area contributed by atoms with Gasteiger partial charge in [0.15, 0.2) is 0 Å². The molecule has 0 amide bonds. The summed E-state index contributed by atoms with van der Waals surface area (Å²) >= 11 is 0. The minimum atomic E-state index is -1.13. The molecule has 8 unspecified atom stereocenters. The number of rotatable bonds is 14. The average Bonchev–Trinajstić information content (AvgIpc) is 2.67. The van der Waals surface area contributed by atoms with Crippen LogP contribution in [0, 0.1) is 32.1 Å². The molecule has 0 spiro atoms. The molecule has 0 bridgehead atoms. The third-order valence-electron chi connectivity index (χ3n) is 5.87. The third kappa shape index (κ3) is 11.7. The van der Waals surface area contributed by atoms with Crippen molar-refractivity contribution in [2.75, 3.05) is 0 Å². The summed E-state index contributed by atoms with van der Waals surface area (Å²) < 4.78 is 0. The Morgan fingerprint density at radius 1 is 0.700 bits per heavy atom. The van der Waals surface area contributed by atoms with Gasteiger partial charge in [-0.3, -0.25) is 20.2 Å². The first-order chi connectivity index (χ1) is 13.9. The number of nitro groups is 2. The molecule has 10 nitrogen and oxygen atoms in total. The summed E-state index contributed by atoms with van der Waals surface area (Å²) in [7, 11) is 0. The molecule has 0 fully saturated rings. The summed E-state index contributed by atoms with van der Waals surface area (Å²) in [6.07, 6.45) is 1.61. The quantitative estimate of drug-likeness (QED) is 0.236. The Kier molecular flexibility index (Phi) is 16.8. The van der Waals surface area contributed by atoms with Gasteiger partial charge < -0.3 is 21.7 Å². The molecule has 10 heteroatoms. The standard InChI is InChI=1S/C10H20N2O5.C10H24N2O/c1-4-8(11(14)15)7(3)6-10(13)9(5-2)12(16)17;1-4-8(11)7(3)6-10(13)9(12)5-2/h7-10,13H,4-6H2,1-3H3;7-10,13H,4-6,11-12H2,1-3H3. The number of nitrogens with two attached hydrogens (primary N) is 2. The van der Waals surface area contributed by atoms with Crippen molar-refractivity contribution in [3.05, 3.63) is 20.2 Å². The van der Waals surface area contributed by atoms with E-state index in [0.717, 1.165) is 12.8 Å². The van der Waals surface area contributed by atoms with Crippen molar-refractivity contribution in [2.45, 2.75) is 116 Å². The van der Waals surface area contributed by atoms with Crippen LogP contribution in [0.4, 0.5) is 0 Å². The predicted octanol–water partition coefficient (Wildman–Crippen LogP) is 2.33. The number of hydrogen-bond acceptors (Lipinski definition) is 8. The molecule has 0 aliphatic rings. The molecule has 0 heterocycles. The molecule has 0 aliphatic heterocycles. The van der Waals surface area contributed by atoms with E-state index in [4.69, 9.17) is 11.5 Å². The fraction of sp³-hybridized carbons (Fsp3) is 1.00. The van der Waals surface area contributed by atoms with E-state index in [9.17, 15) is 30.4 Å². The maximum atomic E-state index is 10.7. The van der Waals surface area contributed by atoms with Gasteiger partial charge in [0, 0.05) is 40.7 Å². The molecule has 0 rings (SSSR count). The summed E-state index contributed by atoms with van der Waals surface area (Å²) in [5.74, 6) is -0.0309. The topological polar surface area (TPSA) is 179 Å². The van der Waals surface area contributed by atoms with E-state index in [1.165, 1.54) is 0 Å². The van der Waals surface area contributed by atoms with E-state index in [2.05, 4.69) is 13.8 Å². The molecule has 0 aliphatic carbocycles. The SMILES string of the molecule is CCC(C(C)CC(O)C(CC)[N+](=O)[O-])[N+](=O)[O-].CCC(N)C(C)CC(O)C(N)CC. The largest absolute Gasteiger partial charge is 0.392 e. The number of nitrogens with zero attached hydrogens (tertiary/aromatic N) is 2. The van der Waals surface area contributed by atoms with Crippen LogP contribution in [0.1, 0.15) is 80.1 Å². The van der Waals surface area contributed by atoms with Crippen molar-refractivity contribution in [3.63, 3.8) is 0 Å². The Balaban J connectivity index is 0. The van der Waals surface area contributed by atoms with Gasteiger partial charge in [-0.05, 0) is 31.6 Å². The predicted molar refractivity (Wildman–Crippen MR) is 118 cm³/mol. The Morgan fingerprint density at radius 3 is 1.43 bits per heavy atom. The molecule has 180 valence electrons. The van der Waals surface area contributed by atoms with E-state index in [1.807, 2.05) is 6.92 Å². The molecule has 6 N–H and O–H groups in total. The van der Waals surface area contributed by atoms with E-state index in [1.54, 1.807) is 20.8 Å². The van der Waals surface area contributed by atoms with Crippen LogP contribution in [0.3, 0.4) is 0 Å². The smallest absolute Gasteiger partial charge is 0.238 e. The monoisotopic (exact) mass is 436 g/mol. The zero-order chi connectivity index (χ0) is 24.0. The van der Waals surface area contributed by atoms with Crippen molar-refractivity contribution in [1.82, 2.24) is 0 Å². The van der Waals surface area contributed by atoms with Crippen LogP contribution >= 0.6 is 0 Å². The number of aliphatic hydroxyl groups is 2. The zero-order valence-electron chi connectivity index (χ0n) is 19.4. The first-order valence-corrected chi connectivity index (χ1v) is 11.0. The fourth-order valence-corrected chi connectivity index (χ4v) is 3.42. The number of aliphatic hydroxyl groups excluding tert-OH is 2. The summed E-state index contributed by atoms with van der Waals surface area (Å²) in [5, 5.41) is 40.7. The number of hydrogen-bond donors (Lipinski definition) is 4. The van der Waals surface area contributed by atoms with Crippen molar-refractivity contribution in [3.8, 4) is 0 Å². The van der Waals surface area contributed by atoms with Gasteiger partial charge in [0.25, 0.3) is 0 Å². The van der Waals surface area contributed by atoms with Gasteiger partial charge in [-0.15, -0.1) is 0 Å². The van der Waals surface area contributed by atoms with Crippen LogP contribution in [0.25, 0.3) is 0 Å². The average molecular weight is 437 g/mol. The molecule has 0 aromatic carbocycles. The Labute approximate surface area is 180 Å². The lowest BCUT2D eigenvalue weighted by atomic mass is 9.91. The molecule has 30 heavy (non-hydrogen) atoms. The van der Waals surface area contributed by atoms with Gasteiger partial charge in [-0.25, -0.2) is 0 Å². The van der Waals surface area contributed by atoms with Crippen molar-refractivity contribution >= 4 is 0 Å². The van der Waals surface area contributed by atoms with Crippen molar-refractivity contribution in [1.29, 1.82) is 0 Å². The summed E-state index contributed by atoms with van der Waals surface area (Å²) in [4.78, 5) is 20.4. The lowest BCUT2D eigenvalue weighted by molar-refractivity contribution is -0.541. The van der Waals surface area contributed by atoms with Gasteiger partial charge in [0.2, 0.25) is 12.1 Å². The molecule has 0 saturated carbocycles. The maximum absolute atomic E-state index is 10.7. The van der Waals surface area contributed by atoms with E-state index < -0.39 is 29.2 Å². The Bertz CT molecular complexity index is 442. The van der Waals surface area contributed by atoms with Crippen LogP contribution in [-0.2, 0) is 0 Å². The van der Waals surface area contributed by atoms with E-state index in [-0.39, 0.29) is 35.8 Å². The first kappa shape index (κ1) is 30.8. The highest BCUT2D eigenvalue weighted by atomic mass is 16.6. The van der Waals surface area contributed by atoms with Crippen LogP contribution in [0.15, 0.2) is 0 Å². The van der Waals surface area contributed by atoms with Crippen LogP contribution in [0.2, 0.25) is 0 Å². The maximum Gasteiger partial charge on any atom is 0.238 e. The lowest BCUT2D eigenvalue weighted by Gasteiger charge is -2.24. The summed E-state index contributed by atoms with van der Waals surface area (Å²) in [5.41, 5.74) is 11.6. The second-order valence-electron chi connectivity index (χ2n) is 8.23. The first-order valence-electron chi connectivity index (χ1n) is 11.0. The minimum absolute atomic E-state index is 0.0823. The Morgan fingerprint density at radius 2 is 1.10 bits per heavy atom. The second kappa shape index (κ2) is 16.3. The second-order valence-corrected chi connectivity index (χ2v) is 8.23. The summed E-state index contributed by atoms with van der Waals surface area (Å²) in [6, 6.07) is -1.72. The highest BCUT2D eigenvalue weighted by Crippen LogP contribution is 2.20. The van der Waals surface area contributed by atoms with E-state index in [0.29, 0.717) is 18.8 Å². The van der Waals surface area contributed by atoms with Crippen molar-refractivity contribution < 1.29 is 20.1 Å². The molecule has 0 aromatic rings. The zero-order valence-corrected chi connectivity index (χ0v) is 19.4. The van der Waals surface area contributed by atoms with Gasteiger partial charge in [0.05, 0.1) is 6.10 Å². The molecule has 0 aromatic heterocycles. The lowest BCUT2D eigenvalue weighted by Crippen LogP contribution is -2.38. The molecule has 0 radical (unpaired) electrons. The van der Waals surface area contributed by atoms with Crippen LogP contribution in [0.5, 0.6) is 0 Å². The van der Waals surface area contributed by atoms with E-state index >= 15 is 0 Å². The minimum Gasteiger partial charge on any atom is -0.392 e. The molecular formula is C20H44N4O6.